The summed E-state index contributed by atoms with van der Waals surface area (Å²) in [5.74, 6) is 0. The van der Waals surface area contributed by atoms with Gasteiger partial charge in [0.25, 0.3) is 0 Å². The van der Waals surface area contributed by atoms with Crippen LogP contribution in [0.2, 0.25) is 5.15 Å². The number of rotatable bonds is 0. The van der Waals surface area contributed by atoms with Crippen LogP contribution in [0.1, 0.15) is 19.5 Å². The van der Waals surface area contributed by atoms with Crippen molar-refractivity contribution in [2.75, 3.05) is 0 Å². The maximum atomic E-state index is 5.75. The summed E-state index contributed by atoms with van der Waals surface area (Å²) >= 11 is 5.75. The Labute approximate surface area is 88.7 Å². The summed E-state index contributed by atoms with van der Waals surface area (Å²) in [6.07, 6.45) is 1.73. The molecule has 0 aliphatic rings. The predicted octanol–water partition coefficient (Wildman–Crippen LogP) is 2.96. The summed E-state index contributed by atoms with van der Waals surface area (Å²) in [5.41, 5.74) is 1.99. The van der Waals surface area contributed by atoms with E-state index in [2.05, 4.69) is 10.1 Å². The highest BCUT2D eigenvalue weighted by molar-refractivity contribution is 6.30. The van der Waals surface area contributed by atoms with E-state index in [0.29, 0.717) is 5.15 Å². The molecule has 0 saturated carbocycles. The summed E-state index contributed by atoms with van der Waals surface area (Å²) in [6.45, 7) is 5.96. The molecule has 0 saturated heterocycles. The monoisotopic (exact) mass is 211 g/mol. The van der Waals surface area contributed by atoms with Gasteiger partial charge in [-0.3, -0.25) is 4.68 Å². The van der Waals surface area contributed by atoms with Crippen LogP contribution in [0.5, 0.6) is 0 Å². The molecule has 0 spiro atoms. The largest absolute Gasteiger partial charge is 0.266 e. The van der Waals surface area contributed by atoms with Crippen molar-refractivity contribution in [1.82, 2.24) is 14.8 Å². The third-order valence-electron chi connectivity index (χ3n) is 1.89. The molecular formula is C10H14ClN3. The molecule has 0 aromatic carbocycles. The van der Waals surface area contributed by atoms with E-state index in [4.69, 9.17) is 11.6 Å². The Morgan fingerprint density at radius 1 is 1.36 bits per heavy atom. The second-order valence-electron chi connectivity index (χ2n) is 2.73. The number of hydrogen-bond acceptors (Lipinski definition) is 2. The Bertz CT molecular complexity index is 434. The molecule has 0 fully saturated rings. The van der Waals surface area contributed by atoms with Crippen LogP contribution in [0.3, 0.4) is 0 Å². The van der Waals surface area contributed by atoms with E-state index in [1.807, 2.05) is 33.9 Å². The van der Waals surface area contributed by atoms with Crippen LogP contribution in [-0.2, 0) is 7.05 Å². The fourth-order valence-electron chi connectivity index (χ4n) is 1.30. The van der Waals surface area contributed by atoms with Gasteiger partial charge in [0.1, 0.15) is 5.15 Å². The van der Waals surface area contributed by atoms with Crippen molar-refractivity contribution in [2.45, 2.75) is 20.8 Å². The van der Waals surface area contributed by atoms with Crippen molar-refractivity contribution >= 4 is 22.5 Å². The Morgan fingerprint density at radius 2 is 2.00 bits per heavy atom. The van der Waals surface area contributed by atoms with E-state index < -0.39 is 0 Å². The van der Waals surface area contributed by atoms with Crippen LogP contribution in [-0.4, -0.2) is 14.8 Å². The van der Waals surface area contributed by atoms with E-state index in [0.717, 1.165) is 16.6 Å². The molecule has 2 aromatic rings. The molecule has 0 radical (unpaired) electrons. The van der Waals surface area contributed by atoms with Crippen LogP contribution >= 0.6 is 11.6 Å². The summed E-state index contributed by atoms with van der Waals surface area (Å²) in [5, 5.41) is 5.83. The minimum absolute atomic E-state index is 0.513. The average Bonchev–Trinajstić information content (AvgIpc) is 2.46. The number of pyridine rings is 1. The zero-order valence-electron chi connectivity index (χ0n) is 8.87. The van der Waals surface area contributed by atoms with E-state index in [-0.39, 0.29) is 0 Å². The number of nitrogens with zero attached hydrogens (tertiary/aromatic N) is 3. The highest BCUT2D eigenvalue weighted by Gasteiger charge is 2.04. The maximum Gasteiger partial charge on any atom is 0.129 e. The standard InChI is InChI=1S/C8H8ClN3.C2H6/c1-5-6-3-8(9)10-4-7(6)12(2)11-5;1-2/h3-4H,1-2H3;1-2H3. The van der Waals surface area contributed by atoms with Gasteiger partial charge in [0.15, 0.2) is 0 Å². The molecule has 2 aromatic heterocycles. The Kier molecular flexibility index (Phi) is 3.47. The van der Waals surface area contributed by atoms with Crippen LogP contribution in [0.25, 0.3) is 10.9 Å². The first kappa shape index (κ1) is 11.0. The topological polar surface area (TPSA) is 30.7 Å². The smallest absolute Gasteiger partial charge is 0.129 e. The number of halogens is 1. The van der Waals surface area contributed by atoms with Gasteiger partial charge in [-0.05, 0) is 13.0 Å². The van der Waals surface area contributed by atoms with Gasteiger partial charge in [-0.1, -0.05) is 25.4 Å². The van der Waals surface area contributed by atoms with Crippen LogP contribution in [0.4, 0.5) is 0 Å². The molecule has 0 amide bonds. The normalized spacial score (nSPS) is 9.79. The van der Waals surface area contributed by atoms with Gasteiger partial charge in [-0.15, -0.1) is 0 Å². The zero-order chi connectivity index (χ0) is 10.7. The van der Waals surface area contributed by atoms with Gasteiger partial charge in [0.2, 0.25) is 0 Å². The zero-order valence-corrected chi connectivity index (χ0v) is 9.63. The number of fused-ring (bicyclic) bond motifs is 1. The fourth-order valence-corrected chi connectivity index (χ4v) is 1.46. The van der Waals surface area contributed by atoms with Gasteiger partial charge < -0.3 is 0 Å². The van der Waals surface area contributed by atoms with E-state index in [9.17, 15) is 0 Å². The minimum atomic E-state index is 0.513. The van der Waals surface area contributed by atoms with Crippen molar-refractivity contribution < 1.29 is 0 Å². The molecule has 2 heterocycles. The third kappa shape index (κ3) is 1.87. The molecule has 0 aliphatic carbocycles. The molecule has 2 rings (SSSR count). The molecule has 0 aliphatic heterocycles. The Hall–Kier alpha value is -1.09. The van der Waals surface area contributed by atoms with Gasteiger partial charge in [-0.25, -0.2) is 4.98 Å². The van der Waals surface area contributed by atoms with Gasteiger partial charge in [0, 0.05) is 12.4 Å². The summed E-state index contributed by atoms with van der Waals surface area (Å²) in [7, 11) is 1.89. The number of hydrogen-bond donors (Lipinski definition) is 0. The van der Waals surface area contributed by atoms with Crippen molar-refractivity contribution in [3.8, 4) is 0 Å². The highest BCUT2D eigenvalue weighted by Crippen LogP contribution is 2.18. The first-order valence-electron chi connectivity index (χ1n) is 4.63. The highest BCUT2D eigenvalue weighted by atomic mass is 35.5. The second-order valence-corrected chi connectivity index (χ2v) is 3.12. The predicted molar refractivity (Wildman–Crippen MR) is 59.6 cm³/mol. The second kappa shape index (κ2) is 4.42. The molecule has 4 heteroatoms. The van der Waals surface area contributed by atoms with Gasteiger partial charge in [-0.2, -0.15) is 5.10 Å². The number of aromatic nitrogens is 3. The summed E-state index contributed by atoms with van der Waals surface area (Å²) < 4.78 is 1.80. The van der Waals surface area contributed by atoms with Crippen LogP contribution < -0.4 is 0 Å². The molecular weight excluding hydrogens is 198 g/mol. The lowest BCUT2D eigenvalue weighted by Crippen LogP contribution is -1.89. The molecule has 14 heavy (non-hydrogen) atoms. The lowest BCUT2D eigenvalue weighted by atomic mass is 10.3. The lowest BCUT2D eigenvalue weighted by Gasteiger charge is -1.92. The van der Waals surface area contributed by atoms with Gasteiger partial charge in [0.05, 0.1) is 17.4 Å². The van der Waals surface area contributed by atoms with E-state index in [1.54, 1.807) is 10.9 Å². The minimum Gasteiger partial charge on any atom is -0.266 e. The van der Waals surface area contributed by atoms with Gasteiger partial charge >= 0.3 is 0 Å². The molecule has 0 atom stereocenters. The average molecular weight is 212 g/mol. The van der Waals surface area contributed by atoms with E-state index >= 15 is 0 Å². The SMILES string of the molecule is CC.Cc1nn(C)c2cnc(Cl)cc12. The molecule has 0 N–H and O–H groups in total. The van der Waals surface area contributed by atoms with Crippen molar-refractivity contribution in [3.63, 3.8) is 0 Å². The molecule has 76 valence electrons. The first-order valence-corrected chi connectivity index (χ1v) is 5.01. The Morgan fingerprint density at radius 3 is 2.64 bits per heavy atom. The van der Waals surface area contributed by atoms with Crippen LogP contribution in [0, 0.1) is 6.92 Å². The summed E-state index contributed by atoms with van der Waals surface area (Å²) in [4.78, 5) is 3.99. The van der Waals surface area contributed by atoms with Crippen LogP contribution in [0.15, 0.2) is 12.3 Å². The Balaban J connectivity index is 0.000000461. The summed E-state index contributed by atoms with van der Waals surface area (Å²) in [6, 6.07) is 1.83. The molecule has 3 nitrogen and oxygen atoms in total. The number of aryl methyl sites for hydroxylation is 2. The van der Waals surface area contributed by atoms with E-state index in [1.165, 1.54) is 0 Å². The fraction of sp³-hybridized carbons (Fsp3) is 0.400. The quantitative estimate of drug-likeness (QED) is 0.628. The maximum absolute atomic E-state index is 5.75. The third-order valence-corrected chi connectivity index (χ3v) is 2.09. The van der Waals surface area contributed by atoms with Crippen molar-refractivity contribution in [3.05, 3.63) is 23.1 Å². The molecule has 0 unspecified atom stereocenters. The lowest BCUT2D eigenvalue weighted by molar-refractivity contribution is 0.782. The molecule has 0 bridgehead atoms. The van der Waals surface area contributed by atoms with Crippen molar-refractivity contribution in [2.24, 2.45) is 7.05 Å². The first-order chi connectivity index (χ1) is 6.68. The van der Waals surface area contributed by atoms with Crippen molar-refractivity contribution in [1.29, 1.82) is 0 Å².